The van der Waals surface area contributed by atoms with E-state index in [1.807, 2.05) is 0 Å². The molecule has 0 aliphatic rings. The lowest BCUT2D eigenvalue weighted by Crippen LogP contribution is -2.21. The van der Waals surface area contributed by atoms with Gasteiger partial charge in [-0.3, -0.25) is 9.40 Å². The highest BCUT2D eigenvalue weighted by Gasteiger charge is 2.27. The van der Waals surface area contributed by atoms with Gasteiger partial charge < -0.3 is 15.5 Å². The molecular weight excluding hydrogens is 300 g/mol. The molecule has 0 fully saturated rings. The molecule has 0 aliphatic heterocycles. The van der Waals surface area contributed by atoms with Crippen molar-refractivity contribution in [2.24, 2.45) is 17.9 Å². The SMILES string of the molecule is Cc1noc(C)c1S(=O)(=O)Nc1c(C(N)=NO)cnn1C. The quantitative estimate of drug-likeness (QED) is 0.309. The number of hydrogen-bond donors (Lipinski definition) is 3. The molecule has 0 radical (unpaired) electrons. The highest BCUT2D eigenvalue weighted by atomic mass is 32.2. The number of nitrogens with one attached hydrogen (secondary N) is 1. The molecule has 0 atom stereocenters. The van der Waals surface area contributed by atoms with Gasteiger partial charge in [0, 0.05) is 7.05 Å². The Labute approximate surface area is 120 Å². The monoisotopic (exact) mass is 314 g/mol. The van der Waals surface area contributed by atoms with Crippen LogP contribution in [0.5, 0.6) is 0 Å². The number of anilines is 1. The van der Waals surface area contributed by atoms with Crippen molar-refractivity contribution in [2.75, 3.05) is 4.72 Å². The summed E-state index contributed by atoms with van der Waals surface area (Å²) in [4.78, 5) is -0.0610. The molecule has 11 heteroatoms. The molecule has 2 rings (SSSR count). The van der Waals surface area contributed by atoms with Gasteiger partial charge in [0.05, 0.1) is 11.8 Å². The van der Waals surface area contributed by atoms with Gasteiger partial charge in [-0.1, -0.05) is 10.3 Å². The summed E-state index contributed by atoms with van der Waals surface area (Å²) in [7, 11) is -2.43. The lowest BCUT2D eigenvalue weighted by Gasteiger charge is -2.09. The van der Waals surface area contributed by atoms with Gasteiger partial charge in [0.1, 0.15) is 11.5 Å². The number of aryl methyl sites for hydroxylation is 3. The zero-order valence-electron chi connectivity index (χ0n) is 11.5. The molecule has 2 heterocycles. The second-order valence-corrected chi connectivity index (χ2v) is 5.89. The zero-order valence-corrected chi connectivity index (χ0v) is 12.3. The van der Waals surface area contributed by atoms with E-state index < -0.39 is 10.0 Å². The third kappa shape index (κ3) is 2.54. The van der Waals surface area contributed by atoms with Crippen molar-refractivity contribution < 1.29 is 18.1 Å². The number of rotatable bonds is 4. The van der Waals surface area contributed by atoms with Crippen LogP contribution in [-0.2, 0) is 17.1 Å². The molecule has 0 aliphatic carbocycles. The van der Waals surface area contributed by atoms with Crippen LogP contribution >= 0.6 is 0 Å². The normalized spacial score (nSPS) is 12.6. The maximum atomic E-state index is 12.4. The lowest BCUT2D eigenvalue weighted by atomic mass is 10.3. The van der Waals surface area contributed by atoms with Gasteiger partial charge in [0.2, 0.25) is 0 Å². The number of nitrogens with two attached hydrogens (primary N) is 1. The second kappa shape index (κ2) is 5.09. The molecule has 21 heavy (non-hydrogen) atoms. The Morgan fingerprint density at radius 2 is 2.19 bits per heavy atom. The summed E-state index contributed by atoms with van der Waals surface area (Å²) in [5.41, 5.74) is 5.86. The van der Waals surface area contributed by atoms with Gasteiger partial charge in [-0.2, -0.15) is 5.10 Å². The topological polar surface area (TPSA) is 149 Å². The maximum Gasteiger partial charge on any atom is 0.268 e. The van der Waals surface area contributed by atoms with Crippen molar-refractivity contribution in [1.29, 1.82) is 0 Å². The van der Waals surface area contributed by atoms with Gasteiger partial charge in [0.15, 0.2) is 16.5 Å². The first kappa shape index (κ1) is 14.8. The molecule has 0 spiro atoms. The van der Waals surface area contributed by atoms with Crippen molar-refractivity contribution in [3.05, 3.63) is 23.2 Å². The molecule has 2 aromatic rings. The summed E-state index contributed by atoms with van der Waals surface area (Å²) in [6.45, 7) is 3.00. The molecule has 0 amide bonds. The van der Waals surface area contributed by atoms with Gasteiger partial charge in [-0.15, -0.1) is 0 Å². The van der Waals surface area contributed by atoms with Crippen LogP contribution in [0.1, 0.15) is 17.0 Å². The fourth-order valence-corrected chi connectivity index (χ4v) is 3.28. The fraction of sp³-hybridized carbons (Fsp3) is 0.300. The molecule has 2 aromatic heterocycles. The molecular formula is C10H14N6O4S. The standard InChI is InChI=1S/C10H14N6O4S/c1-5-8(6(2)20-14-5)21(18,19)15-10-7(9(11)13-17)4-12-16(10)3/h4,15,17H,1-3H3,(H2,11,13). The molecule has 0 bridgehead atoms. The molecule has 0 saturated carbocycles. The average Bonchev–Trinajstić information content (AvgIpc) is 2.93. The number of sulfonamides is 1. The van der Waals surface area contributed by atoms with E-state index in [0.29, 0.717) is 0 Å². The molecule has 114 valence electrons. The molecule has 0 unspecified atom stereocenters. The predicted octanol–water partition coefficient (Wildman–Crippen LogP) is -0.0798. The Kier molecular flexibility index (Phi) is 3.60. The number of amidine groups is 1. The van der Waals surface area contributed by atoms with E-state index in [2.05, 4.69) is 20.1 Å². The fourth-order valence-electron chi connectivity index (χ4n) is 1.84. The van der Waals surface area contributed by atoms with E-state index in [0.717, 1.165) is 0 Å². The van der Waals surface area contributed by atoms with Crippen molar-refractivity contribution >= 4 is 21.7 Å². The predicted molar refractivity (Wildman–Crippen MR) is 72.5 cm³/mol. The van der Waals surface area contributed by atoms with Gasteiger partial charge >= 0.3 is 0 Å². The maximum absolute atomic E-state index is 12.4. The highest BCUT2D eigenvalue weighted by molar-refractivity contribution is 7.92. The van der Waals surface area contributed by atoms with Crippen molar-refractivity contribution in [3.63, 3.8) is 0 Å². The molecule has 10 nitrogen and oxygen atoms in total. The Balaban J connectivity index is 2.50. The Hall–Kier alpha value is -2.56. The third-order valence-corrected chi connectivity index (χ3v) is 4.37. The van der Waals surface area contributed by atoms with Crippen LogP contribution in [0.4, 0.5) is 5.82 Å². The smallest absolute Gasteiger partial charge is 0.268 e. The molecule has 0 saturated heterocycles. The Bertz CT molecular complexity index is 784. The third-order valence-electron chi connectivity index (χ3n) is 2.79. The summed E-state index contributed by atoms with van der Waals surface area (Å²) < 4.78 is 33.3. The van der Waals surface area contributed by atoms with Crippen molar-refractivity contribution in [3.8, 4) is 0 Å². The van der Waals surface area contributed by atoms with E-state index in [4.69, 9.17) is 15.5 Å². The van der Waals surface area contributed by atoms with Gasteiger partial charge in [-0.25, -0.2) is 8.42 Å². The summed E-state index contributed by atoms with van der Waals surface area (Å²) in [6, 6.07) is 0. The van der Waals surface area contributed by atoms with Crippen molar-refractivity contribution in [1.82, 2.24) is 14.9 Å². The first-order valence-corrected chi connectivity index (χ1v) is 7.22. The van der Waals surface area contributed by atoms with E-state index in [-0.39, 0.29) is 33.6 Å². The molecule has 4 N–H and O–H groups in total. The van der Waals surface area contributed by atoms with E-state index in [1.54, 1.807) is 0 Å². The largest absolute Gasteiger partial charge is 0.409 e. The summed E-state index contributed by atoms with van der Waals surface area (Å²) in [6.07, 6.45) is 1.28. The van der Waals surface area contributed by atoms with E-state index in [9.17, 15) is 8.42 Å². The van der Waals surface area contributed by atoms with Crippen LogP contribution in [-0.4, -0.2) is 34.4 Å². The number of hydrogen-bond acceptors (Lipinski definition) is 7. The first-order valence-electron chi connectivity index (χ1n) is 5.73. The minimum absolute atomic E-state index is 0.0605. The molecule has 0 aromatic carbocycles. The number of nitrogens with zero attached hydrogens (tertiary/aromatic N) is 4. The number of oxime groups is 1. The second-order valence-electron chi connectivity index (χ2n) is 4.27. The summed E-state index contributed by atoms with van der Waals surface area (Å²) in [5.74, 6) is -0.0441. The summed E-state index contributed by atoms with van der Waals surface area (Å²) >= 11 is 0. The van der Waals surface area contributed by atoms with Crippen LogP contribution in [0.15, 0.2) is 20.8 Å². The van der Waals surface area contributed by atoms with E-state index in [1.165, 1.54) is 31.8 Å². The van der Waals surface area contributed by atoms with Gasteiger partial charge in [0.25, 0.3) is 10.0 Å². The van der Waals surface area contributed by atoms with Crippen molar-refractivity contribution in [2.45, 2.75) is 18.7 Å². The van der Waals surface area contributed by atoms with Crippen LogP contribution in [0.25, 0.3) is 0 Å². The minimum Gasteiger partial charge on any atom is -0.409 e. The zero-order chi connectivity index (χ0) is 15.8. The van der Waals surface area contributed by atoms with Gasteiger partial charge in [-0.05, 0) is 13.8 Å². The lowest BCUT2D eigenvalue weighted by molar-refractivity contribution is 0.318. The Morgan fingerprint density at radius 3 is 2.71 bits per heavy atom. The van der Waals surface area contributed by atoms with Crippen LogP contribution < -0.4 is 10.5 Å². The Morgan fingerprint density at radius 1 is 1.52 bits per heavy atom. The van der Waals surface area contributed by atoms with Crippen LogP contribution in [0.2, 0.25) is 0 Å². The minimum atomic E-state index is -3.95. The van der Waals surface area contributed by atoms with Crippen LogP contribution in [0.3, 0.4) is 0 Å². The van der Waals surface area contributed by atoms with Crippen LogP contribution in [0, 0.1) is 13.8 Å². The van der Waals surface area contributed by atoms with E-state index >= 15 is 0 Å². The summed E-state index contributed by atoms with van der Waals surface area (Å²) in [5, 5.41) is 19.0. The first-order chi connectivity index (χ1) is 9.77. The number of aromatic nitrogens is 3. The average molecular weight is 314 g/mol. The highest BCUT2D eigenvalue weighted by Crippen LogP contribution is 2.23.